The summed E-state index contributed by atoms with van der Waals surface area (Å²) in [5.41, 5.74) is 1.46. The molecule has 68 valence electrons. The van der Waals surface area contributed by atoms with Crippen LogP contribution in [0.3, 0.4) is 0 Å². The van der Waals surface area contributed by atoms with Crippen molar-refractivity contribution in [2.75, 3.05) is 0 Å². The van der Waals surface area contributed by atoms with E-state index < -0.39 is 0 Å². The summed E-state index contributed by atoms with van der Waals surface area (Å²) < 4.78 is 14.8. The Kier molecular flexibility index (Phi) is 1.77. The number of halogens is 2. The second-order valence-electron chi connectivity index (χ2n) is 3.03. The molecule has 0 fully saturated rings. The molecule has 2 nitrogen and oxygen atoms in total. The first kappa shape index (κ1) is 8.51. The lowest BCUT2D eigenvalue weighted by Gasteiger charge is -1.99. The van der Waals surface area contributed by atoms with E-state index in [1.165, 1.54) is 10.5 Å². The maximum atomic E-state index is 13.4. The largest absolute Gasteiger partial charge is 0.271 e. The van der Waals surface area contributed by atoms with Crippen molar-refractivity contribution in [1.29, 1.82) is 0 Å². The molecular formula is C9H8ClFN2. The Bertz CT molecular complexity index is 476. The van der Waals surface area contributed by atoms with Crippen LogP contribution >= 0.6 is 11.6 Å². The molecule has 0 N–H and O–H groups in total. The van der Waals surface area contributed by atoms with Crippen LogP contribution < -0.4 is 0 Å². The maximum absolute atomic E-state index is 13.4. The molecule has 0 saturated heterocycles. The lowest BCUT2D eigenvalue weighted by Crippen LogP contribution is -1.95. The first-order chi connectivity index (χ1) is 6.09. The lowest BCUT2D eigenvalue weighted by molar-refractivity contribution is 0.561. The number of nitrogens with zero attached hydrogens (tertiary/aromatic N) is 2. The molecule has 0 bridgehead atoms. The molecule has 0 aliphatic heterocycles. The number of aryl methyl sites for hydroxylation is 2. The molecule has 13 heavy (non-hydrogen) atoms. The predicted octanol–water partition coefficient (Wildman–Crippen LogP) is 2.74. The second kappa shape index (κ2) is 2.70. The molecular weight excluding hydrogens is 191 g/mol. The molecule has 0 atom stereocenters. The summed E-state index contributed by atoms with van der Waals surface area (Å²) in [5, 5.41) is 0.347. The first-order valence-electron chi connectivity index (χ1n) is 3.90. The van der Waals surface area contributed by atoms with Gasteiger partial charge in [0.2, 0.25) is 0 Å². The van der Waals surface area contributed by atoms with Gasteiger partial charge in [0, 0.05) is 0 Å². The van der Waals surface area contributed by atoms with Gasteiger partial charge < -0.3 is 0 Å². The van der Waals surface area contributed by atoms with E-state index in [4.69, 9.17) is 11.6 Å². The zero-order valence-corrected chi connectivity index (χ0v) is 8.06. The molecule has 0 spiro atoms. The van der Waals surface area contributed by atoms with Crippen LogP contribution in [0.2, 0.25) is 5.15 Å². The van der Waals surface area contributed by atoms with Crippen molar-refractivity contribution < 1.29 is 4.39 Å². The SMILES string of the molecule is Cc1cc(F)n2c(C)nc(Cl)c2c1. The number of hydrogen-bond donors (Lipinski definition) is 0. The molecule has 2 rings (SSSR count). The van der Waals surface area contributed by atoms with Gasteiger partial charge in [0.05, 0.1) is 5.52 Å². The van der Waals surface area contributed by atoms with Gasteiger partial charge >= 0.3 is 0 Å². The van der Waals surface area contributed by atoms with Gasteiger partial charge in [-0.25, -0.2) is 4.98 Å². The smallest absolute Gasteiger partial charge is 0.199 e. The van der Waals surface area contributed by atoms with Gasteiger partial charge in [0.1, 0.15) is 5.82 Å². The summed E-state index contributed by atoms with van der Waals surface area (Å²) >= 11 is 5.82. The number of pyridine rings is 1. The normalized spacial score (nSPS) is 11.1. The van der Waals surface area contributed by atoms with Crippen molar-refractivity contribution in [3.8, 4) is 0 Å². The highest BCUT2D eigenvalue weighted by Crippen LogP contribution is 2.20. The van der Waals surface area contributed by atoms with Crippen LogP contribution in [0.5, 0.6) is 0 Å². The Morgan fingerprint density at radius 3 is 2.77 bits per heavy atom. The van der Waals surface area contributed by atoms with E-state index in [2.05, 4.69) is 4.98 Å². The summed E-state index contributed by atoms with van der Waals surface area (Å²) in [6.45, 7) is 3.54. The minimum Gasteiger partial charge on any atom is -0.271 e. The first-order valence-corrected chi connectivity index (χ1v) is 4.28. The third-order valence-corrected chi connectivity index (χ3v) is 2.24. The van der Waals surface area contributed by atoms with Crippen LogP contribution in [0.1, 0.15) is 11.4 Å². The van der Waals surface area contributed by atoms with E-state index in [-0.39, 0.29) is 5.95 Å². The van der Waals surface area contributed by atoms with Gasteiger partial charge in [0.25, 0.3) is 0 Å². The van der Waals surface area contributed by atoms with Gasteiger partial charge in [-0.3, -0.25) is 4.40 Å². The minimum atomic E-state index is -0.327. The Balaban J connectivity index is 2.97. The standard InChI is InChI=1S/C9H8ClFN2/c1-5-3-7-9(10)12-6(2)13(7)8(11)4-5/h3-4H,1-2H3. The number of aromatic nitrogens is 2. The van der Waals surface area contributed by atoms with Gasteiger partial charge in [-0.1, -0.05) is 11.6 Å². The molecule has 0 aliphatic rings. The molecule has 2 aromatic heterocycles. The molecule has 0 unspecified atom stereocenters. The van der Waals surface area contributed by atoms with Crippen molar-refractivity contribution in [2.24, 2.45) is 0 Å². The molecule has 0 aromatic carbocycles. The van der Waals surface area contributed by atoms with E-state index in [0.717, 1.165) is 5.56 Å². The Hall–Kier alpha value is -1.09. The number of fused-ring (bicyclic) bond motifs is 1. The fourth-order valence-corrected chi connectivity index (χ4v) is 1.68. The quantitative estimate of drug-likeness (QED) is 0.595. The topological polar surface area (TPSA) is 17.3 Å². The van der Waals surface area contributed by atoms with E-state index in [1.807, 2.05) is 13.0 Å². The molecule has 2 aromatic rings. The van der Waals surface area contributed by atoms with E-state index in [1.54, 1.807) is 6.92 Å². The zero-order chi connectivity index (χ0) is 9.59. The van der Waals surface area contributed by atoms with Crippen LogP contribution in [0.15, 0.2) is 12.1 Å². The monoisotopic (exact) mass is 198 g/mol. The average molecular weight is 199 g/mol. The summed E-state index contributed by atoms with van der Waals surface area (Å²) in [5.74, 6) is 0.240. The van der Waals surface area contributed by atoms with Crippen LogP contribution in [0, 0.1) is 19.8 Å². The number of hydrogen-bond acceptors (Lipinski definition) is 1. The van der Waals surface area contributed by atoms with E-state index >= 15 is 0 Å². The molecule has 0 saturated carbocycles. The highest BCUT2D eigenvalue weighted by Gasteiger charge is 2.09. The molecule has 0 aliphatic carbocycles. The lowest BCUT2D eigenvalue weighted by atomic mass is 10.3. The van der Waals surface area contributed by atoms with Gasteiger partial charge in [-0.2, -0.15) is 4.39 Å². The average Bonchev–Trinajstić information content (AvgIpc) is 2.27. The summed E-state index contributed by atoms with van der Waals surface area (Å²) in [4.78, 5) is 3.98. The highest BCUT2D eigenvalue weighted by atomic mass is 35.5. The fourth-order valence-electron chi connectivity index (χ4n) is 1.42. The Morgan fingerprint density at radius 1 is 1.38 bits per heavy atom. The predicted molar refractivity (Wildman–Crippen MR) is 49.6 cm³/mol. The van der Waals surface area contributed by atoms with Gasteiger partial charge in [-0.05, 0) is 31.5 Å². The second-order valence-corrected chi connectivity index (χ2v) is 3.38. The zero-order valence-electron chi connectivity index (χ0n) is 7.31. The molecule has 4 heteroatoms. The third kappa shape index (κ3) is 1.20. The van der Waals surface area contributed by atoms with Gasteiger partial charge in [-0.15, -0.1) is 0 Å². The van der Waals surface area contributed by atoms with Crippen molar-refractivity contribution in [3.63, 3.8) is 0 Å². The van der Waals surface area contributed by atoms with Crippen LogP contribution in [0.25, 0.3) is 5.52 Å². The Morgan fingerprint density at radius 2 is 2.08 bits per heavy atom. The van der Waals surface area contributed by atoms with Crippen molar-refractivity contribution >= 4 is 17.1 Å². The van der Waals surface area contributed by atoms with E-state index in [9.17, 15) is 4.39 Å². The number of rotatable bonds is 0. The number of imidazole rings is 1. The fraction of sp³-hybridized carbons (Fsp3) is 0.222. The summed E-state index contributed by atoms with van der Waals surface area (Å²) in [6, 6.07) is 3.27. The summed E-state index contributed by atoms with van der Waals surface area (Å²) in [6.07, 6.45) is 0. The Labute approximate surface area is 80.0 Å². The molecule has 0 amide bonds. The maximum Gasteiger partial charge on any atom is 0.199 e. The van der Waals surface area contributed by atoms with Crippen LogP contribution in [-0.2, 0) is 0 Å². The van der Waals surface area contributed by atoms with Crippen LogP contribution in [-0.4, -0.2) is 9.38 Å². The molecule has 2 heterocycles. The third-order valence-electron chi connectivity index (χ3n) is 1.96. The van der Waals surface area contributed by atoms with Gasteiger partial charge in [0.15, 0.2) is 11.1 Å². The van der Waals surface area contributed by atoms with E-state index in [0.29, 0.717) is 16.5 Å². The van der Waals surface area contributed by atoms with Crippen molar-refractivity contribution in [1.82, 2.24) is 9.38 Å². The van der Waals surface area contributed by atoms with Crippen LogP contribution in [0.4, 0.5) is 4.39 Å². The summed E-state index contributed by atoms with van der Waals surface area (Å²) in [7, 11) is 0. The molecule has 0 radical (unpaired) electrons. The minimum absolute atomic E-state index is 0.327. The highest BCUT2D eigenvalue weighted by molar-refractivity contribution is 6.32. The van der Waals surface area contributed by atoms with Crippen molar-refractivity contribution in [2.45, 2.75) is 13.8 Å². The van der Waals surface area contributed by atoms with Crippen molar-refractivity contribution in [3.05, 3.63) is 34.6 Å².